The van der Waals surface area contributed by atoms with Crippen LogP contribution >= 0.6 is 11.3 Å². The van der Waals surface area contributed by atoms with Gasteiger partial charge >= 0.3 is 0 Å². The third kappa shape index (κ3) is 1.96. The third-order valence-electron chi connectivity index (χ3n) is 2.57. The fourth-order valence-electron chi connectivity index (χ4n) is 1.67. The van der Waals surface area contributed by atoms with Crippen molar-refractivity contribution < 1.29 is 9.90 Å². The second-order valence-corrected chi connectivity index (χ2v) is 4.62. The van der Waals surface area contributed by atoms with Gasteiger partial charge in [-0.05, 0) is 30.2 Å². The van der Waals surface area contributed by atoms with Crippen LogP contribution in [0.25, 0.3) is 0 Å². The largest absolute Gasteiger partial charge is 0.396 e. The average molecular weight is 211 g/mol. The molecular weight excluding hydrogens is 198 g/mol. The van der Waals surface area contributed by atoms with Gasteiger partial charge in [-0.2, -0.15) is 0 Å². The van der Waals surface area contributed by atoms with Crippen molar-refractivity contribution >= 4 is 17.2 Å². The minimum absolute atomic E-state index is 0.0152. The number of aliphatic hydroxyl groups excluding tert-OH is 1. The summed E-state index contributed by atoms with van der Waals surface area (Å²) in [5.41, 5.74) is 0. The molecule has 4 heteroatoms. The Labute approximate surface area is 86.8 Å². The topological polar surface area (TPSA) is 49.3 Å². The van der Waals surface area contributed by atoms with Crippen LogP contribution in [0, 0.1) is 5.92 Å². The zero-order chi connectivity index (χ0) is 9.97. The van der Waals surface area contributed by atoms with Crippen LogP contribution in [0.15, 0.2) is 17.5 Å². The van der Waals surface area contributed by atoms with Gasteiger partial charge in [-0.3, -0.25) is 4.79 Å². The number of aliphatic hydroxyl groups is 1. The van der Waals surface area contributed by atoms with E-state index in [9.17, 15) is 4.79 Å². The second-order valence-electron chi connectivity index (χ2n) is 3.67. The summed E-state index contributed by atoms with van der Waals surface area (Å²) in [6.07, 6.45) is 1.82. The molecule has 0 radical (unpaired) electrons. The van der Waals surface area contributed by atoms with Crippen molar-refractivity contribution in [2.45, 2.75) is 18.9 Å². The van der Waals surface area contributed by atoms with Gasteiger partial charge in [0, 0.05) is 12.6 Å². The highest BCUT2D eigenvalue weighted by atomic mass is 32.1. The Morgan fingerprint density at radius 2 is 2.43 bits per heavy atom. The molecule has 1 saturated carbocycles. The Hall–Kier alpha value is -0.870. The van der Waals surface area contributed by atoms with Gasteiger partial charge in [0.05, 0.1) is 4.88 Å². The number of rotatable bonds is 3. The highest BCUT2D eigenvalue weighted by molar-refractivity contribution is 7.12. The van der Waals surface area contributed by atoms with Gasteiger partial charge in [-0.15, -0.1) is 11.3 Å². The van der Waals surface area contributed by atoms with E-state index in [0.29, 0.717) is 5.92 Å². The molecule has 2 rings (SSSR count). The minimum Gasteiger partial charge on any atom is -0.396 e. The summed E-state index contributed by atoms with van der Waals surface area (Å²) in [7, 11) is 0. The van der Waals surface area contributed by atoms with E-state index in [4.69, 9.17) is 5.11 Å². The molecule has 0 spiro atoms. The van der Waals surface area contributed by atoms with Gasteiger partial charge in [0.25, 0.3) is 5.91 Å². The first-order chi connectivity index (χ1) is 6.79. The van der Waals surface area contributed by atoms with E-state index in [-0.39, 0.29) is 18.6 Å². The first kappa shape index (κ1) is 9.68. The van der Waals surface area contributed by atoms with Crippen LogP contribution in [-0.4, -0.2) is 23.7 Å². The molecule has 1 amide bonds. The molecule has 1 aliphatic rings. The maximum Gasteiger partial charge on any atom is 0.261 e. The van der Waals surface area contributed by atoms with E-state index in [1.54, 1.807) is 0 Å². The van der Waals surface area contributed by atoms with Crippen LogP contribution in [-0.2, 0) is 0 Å². The standard InChI is InChI=1S/C10H13NO2S/c12-6-7-4-8(5-7)11-10(13)9-2-1-3-14-9/h1-3,7-8,12H,4-6H2,(H,11,13). The molecule has 1 heterocycles. The number of amides is 1. The van der Waals surface area contributed by atoms with E-state index >= 15 is 0 Å². The Morgan fingerprint density at radius 1 is 1.64 bits per heavy atom. The maximum absolute atomic E-state index is 11.5. The lowest BCUT2D eigenvalue weighted by Crippen LogP contribution is -2.45. The van der Waals surface area contributed by atoms with Crippen molar-refractivity contribution in [3.05, 3.63) is 22.4 Å². The van der Waals surface area contributed by atoms with Gasteiger partial charge in [0.1, 0.15) is 0 Å². The van der Waals surface area contributed by atoms with Crippen LogP contribution in [0.4, 0.5) is 0 Å². The minimum atomic E-state index is 0.0152. The summed E-state index contributed by atoms with van der Waals surface area (Å²) in [4.78, 5) is 12.3. The van der Waals surface area contributed by atoms with Gasteiger partial charge in [0.2, 0.25) is 0 Å². The molecule has 0 saturated heterocycles. The lowest BCUT2D eigenvalue weighted by molar-refractivity contribution is 0.0836. The third-order valence-corrected chi connectivity index (χ3v) is 3.44. The van der Waals surface area contributed by atoms with Crippen LogP contribution in [0.2, 0.25) is 0 Å². The summed E-state index contributed by atoms with van der Waals surface area (Å²) in [5.74, 6) is 0.407. The lowest BCUT2D eigenvalue weighted by atomic mass is 9.81. The van der Waals surface area contributed by atoms with Crippen molar-refractivity contribution in [1.29, 1.82) is 0 Å². The molecule has 14 heavy (non-hydrogen) atoms. The molecule has 1 aromatic heterocycles. The van der Waals surface area contributed by atoms with E-state index in [1.807, 2.05) is 17.5 Å². The van der Waals surface area contributed by atoms with Crippen molar-refractivity contribution in [2.24, 2.45) is 5.92 Å². The molecule has 0 aliphatic heterocycles. The molecule has 0 bridgehead atoms. The van der Waals surface area contributed by atoms with Crippen molar-refractivity contribution in [2.75, 3.05) is 6.61 Å². The first-order valence-corrected chi connectivity index (χ1v) is 5.63. The fourth-order valence-corrected chi connectivity index (χ4v) is 2.29. The highest BCUT2D eigenvalue weighted by Crippen LogP contribution is 2.26. The van der Waals surface area contributed by atoms with E-state index in [0.717, 1.165) is 17.7 Å². The van der Waals surface area contributed by atoms with E-state index < -0.39 is 0 Å². The van der Waals surface area contributed by atoms with Crippen LogP contribution < -0.4 is 5.32 Å². The fraction of sp³-hybridized carbons (Fsp3) is 0.500. The first-order valence-electron chi connectivity index (χ1n) is 4.75. The van der Waals surface area contributed by atoms with Crippen molar-refractivity contribution in [3.63, 3.8) is 0 Å². The predicted molar refractivity (Wildman–Crippen MR) is 55.4 cm³/mol. The quantitative estimate of drug-likeness (QED) is 0.790. The molecule has 1 aromatic rings. The monoisotopic (exact) mass is 211 g/mol. The summed E-state index contributed by atoms with van der Waals surface area (Å²) < 4.78 is 0. The molecule has 0 aromatic carbocycles. The van der Waals surface area contributed by atoms with Gasteiger partial charge < -0.3 is 10.4 Å². The second kappa shape index (κ2) is 4.11. The zero-order valence-electron chi connectivity index (χ0n) is 7.77. The van der Waals surface area contributed by atoms with E-state index in [1.165, 1.54) is 11.3 Å². The Kier molecular flexibility index (Phi) is 2.84. The number of carbonyl (C=O) groups is 1. The number of nitrogens with one attached hydrogen (secondary N) is 1. The normalized spacial score (nSPS) is 25.5. The summed E-state index contributed by atoms with van der Waals surface area (Å²) in [5, 5.41) is 13.6. The Bertz CT molecular complexity index is 304. The molecular formula is C10H13NO2S. The Morgan fingerprint density at radius 3 is 3.00 bits per heavy atom. The van der Waals surface area contributed by atoms with Crippen LogP contribution in [0.5, 0.6) is 0 Å². The number of hydrogen-bond acceptors (Lipinski definition) is 3. The van der Waals surface area contributed by atoms with Gasteiger partial charge in [0.15, 0.2) is 0 Å². The highest BCUT2D eigenvalue weighted by Gasteiger charge is 2.29. The zero-order valence-corrected chi connectivity index (χ0v) is 8.59. The predicted octanol–water partition coefficient (Wildman–Crippen LogP) is 1.25. The molecule has 0 atom stereocenters. The van der Waals surface area contributed by atoms with Crippen molar-refractivity contribution in [3.8, 4) is 0 Å². The molecule has 1 fully saturated rings. The maximum atomic E-state index is 11.5. The van der Waals surface area contributed by atoms with Crippen molar-refractivity contribution in [1.82, 2.24) is 5.32 Å². The molecule has 0 unspecified atom stereocenters. The smallest absolute Gasteiger partial charge is 0.261 e. The van der Waals surface area contributed by atoms with E-state index in [2.05, 4.69) is 5.32 Å². The van der Waals surface area contributed by atoms with Gasteiger partial charge in [-0.25, -0.2) is 0 Å². The Balaban J connectivity index is 1.80. The van der Waals surface area contributed by atoms with Crippen LogP contribution in [0.3, 0.4) is 0 Å². The molecule has 3 nitrogen and oxygen atoms in total. The molecule has 2 N–H and O–H groups in total. The number of carbonyl (C=O) groups excluding carboxylic acids is 1. The summed E-state index contributed by atoms with van der Waals surface area (Å²) in [6, 6.07) is 3.96. The number of hydrogen-bond donors (Lipinski definition) is 2. The van der Waals surface area contributed by atoms with Gasteiger partial charge in [-0.1, -0.05) is 6.07 Å². The summed E-state index contributed by atoms with van der Waals surface area (Å²) >= 11 is 1.45. The SMILES string of the molecule is O=C(NC1CC(CO)C1)c1cccs1. The number of thiophene rings is 1. The average Bonchev–Trinajstić information content (AvgIpc) is 2.62. The van der Waals surface area contributed by atoms with Crippen LogP contribution in [0.1, 0.15) is 22.5 Å². The lowest BCUT2D eigenvalue weighted by Gasteiger charge is -2.34. The molecule has 1 aliphatic carbocycles. The summed E-state index contributed by atoms with van der Waals surface area (Å²) in [6.45, 7) is 0.241. The molecule has 76 valence electrons.